The molecule has 0 saturated heterocycles. The van der Waals surface area contributed by atoms with Gasteiger partial charge in [0.05, 0.1) is 18.1 Å². The number of alkyl halides is 3. The highest BCUT2D eigenvalue weighted by molar-refractivity contribution is 5.98. The van der Waals surface area contributed by atoms with Gasteiger partial charge in [0.15, 0.2) is 5.78 Å². The molecule has 84 valence electrons. The van der Waals surface area contributed by atoms with Crippen molar-refractivity contribution >= 4 is 5.78 Å². The summed E-state index contributed by atoms with van der Waals surface area (Å²) in [5, 5.41) is 8.32. The SMILES string of the molecule is Cc1ccc(C(F)(F)F)cc1C(=O)CC#N. The van der Waals surface area contributed by atoms with Gasteiger partial charge in [0.25, 0.3) is 0 Å². The van der Waals surface area contributed by atoms with E-state index >= 15 is 0 Å². The summed E-state index contributed by atoms with van der Waals surface area (Å²) in [7, 11) is 0. The highest BCUT2D eigenvalue weighted by atomic mass is 19.4. The Morgan fingerprint density at radius 2 is 2.06 bits per heavy atom. The molecule has 0 heterocycles. The van der Waals surface area contributed by atoms with Crippen molar-refractivity contribution in [3.8, 4) is 6.07 Å². The molecule has 0 atom stereocenters. The molecule has 0 bridgehead atoms. The quantitative estimate of drug-likeness (QED) is 0.728. The normalized spacial score (nSPS) is 10.9. The first-order valence-corrected chi connectivity index (χ1v) is 4.44. The van der Waals surface area contributed by atoms with Crippen molar-refractivity contribution in [2.75, 3.05) is 0 Å². The van der Waals surface area contributed by atoms with Gasteiger partial charge < -0.3 is 0 Å². The Morgan fingerprint density at radius 1 is 1.44 bits per heavy atom. The summed E-state index contributed by atoms with van der Waals surface area (Å²) >= 11 is 0. The number of aryl methyl sites for hydroxylation is 1. The Labute approximate surface area is 90.3 Å². The van der Waals surface area contributed by atoms with E-state index in [-0.39, 0.29) is 5.56 Å². The predicted octanol–water partition coefficient (Wildman–Crippen LogP) is 3.11. The molecule has 0 fully saturated rings. The van der Waals surface area contributed by atoms with Crippen LogP contribution >= 0.6 is 0 Å². The third kappa shape index (κ3) is 2.60. The van der Waals surface area contributed by atoms with Crippen LogP contribution in [0.1, 0.15) is 27.9 Å². The number of carbonyl (C=O) groups excluding carboxylic acids is 1. The summed E-state index contributed by atoms with van der Waals surface area (Å²) in [5.74, 6) is -0.592. The lowest BCUT2D eigenvalue weighted by molar-refractivity contribution is -0.137. The van der Waals surface area contributed by atoms with Crippen molar-refractivity contribution in [1.29, 1.82) is 5.26 Å². The van der Waals surface area contributed by atoms with E-state index in [0.29, 0.717) is 5.56 Å². The molecule has 1 aromatic carbocycles. The maximum Gasteiger partial charge on any atom is 0.416 e. The molecule has 0 N–H and O–H groups in total. The number of halogens is 3. The van der Waals surface area contributed by atoms with Crippen molar-refractivity contribution in [2.24, 2.45) is 0 Å². The minimum atomic E-state index is -4.48. The van der Waals surface area contributed by atoms with Crippen LogP contribution in [-0.4, -0.2) is 5.78 Å². The van der Waals surface area contributed by atoms with Crippen LogP contribution in [-0.2, 0) is 6.18 Å². The zero-order valence-corrected chi connectivity index (χ0v) is 8.43. The molecule has 0 aliphatic heterocycles. The molecular formula is C11H8F3NO. The zero-order chi connectivity index (χ0) is 12.3. The van der Waals surface area contributed by atoms with Gasteiger partial charge in [-0.1, -0.05) is 6.07 Å². The fourth-order valence-electron chi connectivity index (χ4n) is 1.27. The summed E-state index contributed by atoms with van der Waals surface area (Å²) in [6, 6.07) is 4.55. The number of nitriles is 1. The van der Waals surface area contributed by atoms with Crippen LogP contribution in [0.5, 0.6) is 0 Å². The molecule has 5 heteroatoms. The van der Waals surface area contributed by atoms with E-state index in [1.54, 1.807) is 6.07 Å². The number of ketones is 1. The van der Waals surface area contributed by atoms with E-state index in [0.717, 1.165) is 12.1 Å². The van der Waals surface area contributed by atoms with Gasteiger partial charge in [0, 0.05) is 5.56 Å². The topological polar surface area (TPSA) is 40.9 Å². The zero-order valence-electron chi connectivity index (χ0n) is 8.43. The molecule has 0 radical (unpaired) electrons. The standard InChI is InChI=1S/C11H8F3NO/c1-7-2-3-8(11(12,13)14)6-9(7)10(16)4-5-15/h2-3,6H,4H2,1H3. The van der Waals surface area contributed by atoms with Crippen LogP contribution in [0.25, 0.3) is 0 Å². The van der Waals surface area contributed by atoms with Crippen LogP contribution in [0, 0.1) is 18.3 Å². The van der Waals surface area contributed by atoms with E-state index in [1.165, 1.54) is 13.0 Å². The summed E-state index contributed by atoms with van der Waals surface area (Å²) in [4.78, 5) is 11.4. The molecule has 0 unspecified atom stereocenters. The van der Waals surface area contributed by atoms with Crippen LogP contribution in [0.15, 0.2) is 18.2 Å². The van der Waals surface area contributed by atoms with Crippen molar-refractivity contribution < 1.29 is 18.0 Å². The van der Waals surface area contributed by atoms with Crippen LogP contribution in [0.3, 0.4) is 0 Å². The summed E-state index contributed by atoms with van der Waals surface area (Å²) in [6.07, 6.45) is -4.89. The smallest absolute Gasteiger partial charge is 0.293 e. The minimum absolute atomic E-state index is 0.0450. The number of hydrogen-bond acceptors (Lipinski definition) is 2. The van der Waals surface area contributed by atoms with Crippen molar-refractivity contribution in [3.05, 3.63) is 34.9 Å². The fourth-order valence-corrected chi connectivity index (χ4v) is 1.27. The molecule has 0 aliphatic carbocycles. The molecule has 0 amide bonds. The van der Waals surface area contributed by atoms with Gasteiger partial charge in [-0.05, 0) is 24.6 Å². The molecule has 1 rings (SSSR count). The second-order valence-electron chi connectivity index (χ2n) is 3.29. The van der Waals surface area contributed by atoms with E-state index in [9.17, 15) is 18.0 Å². The minimum Gasteiger partial charge on any atom is -0.293 e. The molecule has 0 spiro atoms. The summed E-state index contributed by atoms with van der Waals surface area (Å²) in [6.45, 7) is 1.53. The molecule has 2 nitrogen and oxygen atoms in total. The maximum atomic E-state index is 12.4. The molecule has 16 heavy (non-hydrogen) atoms. The van der Waals surface area contributed by atoms with Crippen molar-refractivity contribution in [3.63, 3.8) is 0 Å². The summed E-state index contributed by atoms with van der Waals surface area (Å²) < 4.78 is 37.1. The predicted molar refractivity (Wildman–Crippen MR) is 50.7 cm³/mol. The number of rotatable bonds is 2. The molecule has 0 aliphatic rings. The van der Waals surface area contributed by atoms with Gasteiger partial charge in [-0.3, -0.25) is 4.79 Å². The second kappa shape index (κ2) is 4.35. The van der Waals surface area contributed by atoms with Crippen LogP contribution in [0.4, 0.5) is 13.2 Å². The van der Waals surface area contributed by atoms with Crippen molar-refractivity contribution in [1.82, 2.24) is 0 Å². The Morgan fingerprint density at radius 3 is 2.56 bits per heavy atom. The van der Waals surface area contributed by atoms with E-state index in [2.05, 4.69) is 0 Å². The Hall–Kier alpha value is -1.83. The van der Waals surface area contributed by atoms with E-state index in [1.807, 2.05) is 0 Å². The Kier molecular flexibility index (Phi) is 3.33. The van der Waals surface area contributed by atoms with Gasteiger partial charge in [0.1, 0.15) is 0 Å². The highest BCUT2D eigenvalue weighted by Gasteiger charge is 2.31. The lowest BCUT2D eigenvalue weighted by atomic mass is 10.00. The monoisotopic (exact) mass is 227 g/mol. The van der Waals surface area contributed by atoms with Crippen LogP contribution < -0.4 is 0 Å². The summed E-state index contributed by atoms with van der Waals surface area (Å²) in [5.41, 5.74) is -0.482. The molecule has 0 saturated carbocycles. The molecule has 0 aromatic heterocycles. The van der Waals surface area contributed by atoms with E-state index in [4.69, 9.17) is 5.26 Å². The highest BCUT2D eigenvalue weighted by Crippen LogP contribution is 2.30. The average Bonchev–Trinajstić information content (AvgIpc) is 2.16. The largest absolute Gasteiger partial charge is 0.416 e. The first-order chi connectivity index (χ1) is 7.36. The molecular weight excluding hydrogens is 219 g/mol. The van der Waals surface area contributed by atoms with E-state index < -0.39 is 23.9 Å². The maximum absolute atomic E-state index is 12.4. The van der Waals surface area contributed by atoms with Gasteiger partial charge in [0.2, 0.25) is 0 Å². The second-order valence-corrected chi connectivity index (χ2v) is 3.29. The third-order valence-electron chi connectivity index (χ3n) is 2.10. The van der Waals surface area contributed by atoms with Crippen molar-refractivity contribution in [2.45, 2.75) is 19.5 Å². The average molecular weight is 227 g/mol. The first kappa shape index (κ1) is 12.2. The Bertz CT molecular complexity index is 457. The Balaban J connectivity index is 3.20. The van der Waals surface area contributed by atoms with Gasteiger partial charge >= 0.3 is 6.18 Å². The van der Waals surface area contributed by atoms with Crippen LogP contribution in [0.2, 0.25) is 0 Å². The number of benzene rings is 1. The lowest BCUT2D eigenvalue weighted by Crippen LogP contribution is -2.08. The first-order valence-electron chi connectivity index (χ1n) is 4.44. The molecule has 1 aromatic rings. The number of carbonyl (C=O) groups is 1. The number of hydrogen-bond donors (Lipinski definition) is 0. The van der Waals surface area contributed by atoms with Gasteiger partial charge in [-0.25, -0.2) is 0 Å². The van der Waals surface area contributed by atoms with Gasteiger partial charge in [-0.2, -0.15) is 18.4 Å². The third-order valence-corrected chi connectivity index (χ3v) is 2.10. The van der Waals surface area contributed by atoms with Gasteiger partial charge in [-0.15, -0.1) is 0 Å². The lowest BCUT2D eigenvalue weighted by Gasteiger charge is -2.09. The fraction of sp³-hybridized carbons (Fsp3) is 0.273. The number of Topliss-reactive ketones (excluding diaryl/α,β-unsaturated/α-hetero) is 1. The number of nitrogens with zero attached hydrogens (tertiary/aromatic N) is 1.